The van der Waals surface area contributed by atoms with Crippen LogP contribution in [0.5, 0.6) is 5.75 Å². The van der Waals surface area contributed by atoms with Crippen molar-refractivity contribution in [3.63, 3.8) is 0 Å². The van der Waals surface area contributed by atoms with Gasteiger partial charge in [-0.15, -0.1) is 0 Å². The highest BCUT2D eigenvalue weighted by molar-refractivity contribution is 9.10. The number of carbonyl (C=O) groups excluding carboxylic acids is 2. The van der Waals surface area contributed by atoms with Crippen LogP contribution >= 0.6 is 15.9 Å². The van der Waals surface area contributed by atoms with Crippen LogP contribution in [0.15, 0.2) is 76.8 Å². The zero-order valence-electron chi connectivity index (χ0n) is 18.1. The molecule has 0 radical (unpaired) electrons. The molecule has 33 heavy (non-hydrogen) atoms. The van der Waals surface area contributed by atoms with Crippen molar-refractivity contribution in [3.05, 3.63) is 99.0 Å². The second kappa shape index (κ2) is 11.1. The van der Waals surface area contributed by atoms with E-state index in [0.717, 1.165) is 11.1 Å². The van der Waals surface area contributed by atoms with Crippen molar-refractivity contribution in [1.29, 1.82) is 5.26 Å². The zero-order valence-corrected chi connectivity index (χ0v) is 19.7. The summed E-state index contributed by atoms with van der Waals surface area (Å²) in [5.41, 5.74) is 3.65. The third kappa shape index (κ3) is 6.55. The van der Waals surface area contributed by atoms with E-state index < -0.39 is 11.9 Å². The van der Waals surface area contributed by atoms with Crippen LogP contribution in [-0.4, -0.2) is 19.0 Å². The number of methoxy groups -OCH3 is 1. The van der Waals surface area contributed by atoms with Gasteiger partial charge in [0.25, 0.3) is 5.91 Å². The van der Waals surface area contributed by atoms with E-state index in [0.29, 0.717) is 33.6 Å². The minimum absolute atomic E-state index is 0.0626. The topological polar surface area (TPSA) is 88.4 Å². The van der Waals surface area contributed by atoms with Gasteiger partial charge in [0, 0.05) is 5.69 Å². The Kier molecular flexibility index (Phi) is 8.01. The maximum Gasteiger partial charge on any atom is 0.337 e. The summed E-state index contributed by atoms with van der Waals surface area (Å²) in [6.07, 6.45) is 1.49. The summed E-state index contributed by atoms with van der Waals surface area (Å²) >= 11 is 3.49. The van der Waals surface area contributed by atoms with Crippen molar-refractivity contribution in [2.45, 2.75) is 13.5 Å². The number of hydrogen-bond acceptors (Lipinski definition) is 5. The molecule has 0 saturated carbocycles. The van der Waals surface area contributed by atoms with Crippen molar-refractivity contribution >= 4 is 39.6 Å². The molecular weight excluding hydrogens is 484 g/mol. The van der Waals surface area contributed by atoms with Gasteiger partial charge in [0.05, 0.1) is 17.1 Å². The molecule has 0 aliphatic heterocycles. The molecule has 6 nitrogen and oxygen atoms in total. The molecule has 0 heterocycles. The number of anilines is 1. The molecule has 0 aliphatic carbocycles. The Morgan fingerprint density at radius 3 is 2.48 bits per heavy atom. The Morgan fingerprint density at radius 1 is 1.09 bits per heavy atom. The summed E-state index contributed by atoms with van der Waals surface area (Å²) in [5.74, 6) is -0.371. The van der Waals surface area contributed by atoms with Gasteiger partial charge in [0.15, 0.2) is 0 Å². The highest BCUT2D eigenvalue weighted by Gasteiger charge is 2.12. The number of benzene rings is 3. The minimum Gasteiger partial charge on any atom is -0.488 e. The SMILES string of the molecule is COC(=O)c1ccc(NC(=O)/C(C#N)=C/c2ccc(OCc3cccc(C)c3)c(Br)c2)cc1. The number of carbonyl (C=O) groups is 2. The molecular formula is C26H21BrN2O4. The van der Waals surface area contributed by atoms with Crippen LogP contribution in [0.4, 0.5) is 5.69 Å². The van der Waals surface area contributed by atoms with Crippen molar-refractivity contribution in [1.82, 2.24) is 0 Å². The largest absolute Gasteiger partial charge is 0.488 e. The maximum atomic E-state index is 12.5. The van der Waals surface area contributed by atoms with Crippen LogP contribution in [0.3, 0.4) is 0 Å². The van der Waals surface area contributed by atoms with Crippen molar-refractivity contribution in [3.8, 4) is 11.8 Å². The molecule has 0 aliphatic rings. The summed E-state index contributed by atoms with van der Waals surface area (Å²) in [4.78, 5) is 24.0. The second-order valence-electron chi connectivity index (χ2n) is 7.16. The van der Waals surface area contributed by atoms with Crippen molar-refractivity contribution in [2.75, 3.05) is 12.4 Å². The van der Waals surface area contributed by atoms with Gasteiger partial charge in [-0.05, 0) is 76.5 Å². The van der Waals surface area contributed by atoms with E-state index in [4.69, 9.17) is 4.74 Å². The van der Waals surface area contributed by atoms with Gasteiger partial charge in [-0.2, -0.15) is 5.26 Å². The molecule has 166 valence electrons. The molecule has 3 aromatic carbocycles. The first-order chi connectivity index (χ1) is 15.9. The van der Waals surface area contributed by atoms with Crippen LogP contribution in [0.2, 0.25) is 0 Å². The Hall–Kier alpha value is -3.89. The first-order valence-electron chi connectivity index (χ1n) is 9.99. The summed E-state index contributed by atoms with van der Waals surface area (Å²) in [6.45, 7) is 2.46. The number of amides is 1. The van der Waals surface area contributed by atoms with Gasteiger partial charge in [0.1, 0.15) is 24.0 Å². The predicted octanol–water partition coefficient (Wildman–Crippen LogP) is 5.67. The van der Waals surface area contributed by atoms with E-state index in [1.165, 1.54) is 25.3 Å². The smallest absolute Gasteiger partial charge is 0.337 e. The van der Waals surface area contributed by atoms with Crippen LogP contribution in [-0.2, 0) is 16.1 Å². The molecule has 1 amide bonds. The molecule has 0 aromatic heterocycles. The van der Waals surface area contributed by atoms with Gasteiger partial charge in [-0.3, -0.25) is 4.79 Å². The lowest BCUT2D eigenvalue weighted by Gasteiger charge is -2.10. The monoisotopic (exact) mass is 504 g/mol. The van der Waals surface area contributed by atoms with E-state index in [-0.39, 0.29) is 5.57 Å². The first-order valence-corrected chi connectivity index (χ1v) is 10.8. The van der Waals surface area contributed by atoms with E-state index >= 15 is 0 Å². The Bertz CT molecular complexity index is 1240. The highest BCUT2D eigenvalue weighted by atomic mass is 79.9. The third-order valence-electron chi connectivity index (χ3n) is 4.67. The van der Waals surface area contributed by atoms with Gasteiger partial charge in [-0.25, -0.2) is 4.79 Å². The van der Waals surface area contributed by atoms with Crippen LogP contribution in [0.25, 0.3) is 6.08 Å². The van der Waals surface area contributed by atoms with Crippen molar-refractivity contribution in [2.24, 2.45) is 0 Å². The number of aryl methyl sites for hydroxylation is 1. The number of esters is 1. The fourth-order valence-corrected chi connectivity index (χ4v) is 3.52. The molecule has 0 bridgehead atoms. The third-order valence-corrected chi connectivity index (χ3v) is 5.29. The number of nitriles is 1. The number of hydrogen-bond donors (Lipinski definition) is 1. The Balaban J connectivity index is 1.68. The van der Waals surface area contributed by atoms with E-state index in [1.54, 1.807) is 30.3 Å². The summed E-state index contributed by atoms with van der Waals surface area (Å²) in [6, 6.07) is 21.5. The predicted molar refractivity (Wildman–Crippen MR) is 130 cm³/mol. The van der Waals surface area contributed by atoms with Crippen LogP contribution in [0, 0.1) is 18.3 Å². The maximum absolute atomic E-state index is 12.5. The average Bonchev–Trinajstić information content (AvgIpc) is 2.82. The van der Waals surface area contributed by atoms with Gasteiger partial charge in [-0.1, -0.05) is 35.9 Å². The van der Waals surface area contributed by atoms with Gasteiger partial charge >= 0.3 is 5.97 Å². The molecule has 1 N–H and O–H groups in total. The van der Waals surface area contributed by atoms with E-state index in [2.05, 4.69) is 32.0 Å². The zero-order chi connectivity index (χ0) is 23.8. The lowest BCUT2D eigenvalue weighted by Crippen LogP contribution is -2.13. The van der Waals surface area contributed by atoms with Crippen LogP contribution in [0.1, 0.15) is 27.0 Å². The fraction of sp³-hybridized carbons (Fsp3) is 0.115. The normalized spacial score (nSPS) is 10.8. The molecule has 7 heteroatoms. The summed E-state index contributed by atoms with van der Waals surface area (Å²) in [7, 11) is 1.29. The average molecular weight is 505 g/mol. The number of halogens is 1. The molecule has 0 saturated heterocycles. The lowest BCUT2D eigenvalue weighted by atomic mass is 10.1. The quantitative estimate of drug-likeness (QED) is 0.254. The molecule has 0 fully saturated rings. The first kappa shape index (κ1) is 23.8. The van der Waals surface area contributed by atoms with Gasteiger partial charge in [0.2, 0.25) is 0 Å². The number of ether oxygens (including phenoxy) is 2. The molecule has 0 unspecified atom stereocenters. The van der Waals surface area contributed by atoms with E-state index in [9.17, 15) is 14.9 Å². The van der Waals surface area contributed by atoms with Gasteiger partial charge < -0.3 is 14.8 Å². The fourth-order valence-electron chi connectivity index (χ4n) is 3.01. The Labute approximate surface area is 200 Å². The lowest BCUT2D eigenvalue weighted by molar-refractivity contribution is -0.112. The van der Waals surface area contributed by atoms with Crippen LogP contribution < -0.4 is 10.1 Å². The molecule has 3 aromatic rings. The molecule has 0 spiro atoms. The van der Waals surface area contributed by atoms with Crippen molar-refractivity contribution < 1.29 is 19.1 Å². The second-order valence-corrected chi connectivity index (χ2v) is 8.01. The van der Waals surface area contributed by atoms with E-state index in [1.807, 2.05) is 31.2 Å². The number of nitrogens with zero attached hydrogens (tertiary/aromatic N) is 1. The Morgan fingerprint density at radius 2 is 1.85 bits per heavy atom. The number of nitrogens with one attached hydrogen (secondary N) is 1. The summed E-state index contributed by atoms with van der Waals surface area (Å²) < 4.78 is 11.2. The highest BCUT2D eigenvalue weighted by Crippen LogP contribution is 2.28. The minimum atomic E-state index is -0.556. The summed E-state index contributed by atoms with van der Waals surface area (Å²) in [5, 5.41) is 12.1. The molecule has 0 atom stereocenters. The number of rotatable bonds is 7. The standard InChI is InChI=1S/C26H21BrN2O4/c1-17-4-3-5-19(12-17)16-33-24-11-6-18(14-23(24)27)13-21(15-28)25(30)29-22-9-7-20(8-10-22)26(31)32-2/h3-14H,16H2,1-2H3,(H,29,30)/b21-13+. The molecule has 3 rings (SSSR count).